The zero-order valence-electron chi connectivity index (χ0n) is 11.4. The van der Waals surface area contributed by atoms with Gasteiger partial charge in [0.15, 0.2) is 12.4 Å². The molecule has 1 aliphatic heterocycles. The number of nitrogens with two attached hydrogens (primary N) is 1. The zero-order valence-corrected chi connectivity index (χ0v) is 12.2. The van der Waals surface area contributed by atoms with Crippen LogP contribution in [0.5, 0.6) is 0 Å². The fraction of sp³-hybridized carbons (Fsp3) is 0.667. The van der Waals surface area contributed by atoms with Gasteiger partial charge in [-0.05, 0) is 13.8 Å². The molecule has 2 heterocycles. The normalized spacial score (nSPS) is 17.7. The molecule has 1 aromatic heterocycles. The van der Waals surface area contributed by atoms with Gasteiger partial charge in [-0.3, -0.25) is 4.90 Å². The first-order chi connectivity index (χ1) is 9.15. The summed E-state index contributed by atoms with van der Waals surface area (Å²) in [5.41, 5.74) is 6.71. The molecule has 1 saturated heterocycles. The summed E-state index contributed by atoms with van der Waals surface area (Å²) in [6.45, 7) is 6.75. The van der Waals surface area contributed by atoms with Crippen molar-refractivity contribution in [2.24, 2.45) is 10.9 Å². The molecule has 0 aliphatic carbocycles. The maximum Gasteiger partial charge on any atom is 0.235 e. The van der Waals surface area contributed by atoms with E-state index >= 15 is 0 Å². The summed E-state index contributed by atoms with van der Waals surface area (Å²) in [6, 6.07) is 0. The van der Waals surface area contributed by atoms with E-state index in [0.717, 1.165) is 36.0 Å². The van der Waals surface area contributed by atoms with Crippen LogP contribution in [0.25, 0.3) is 0 Å². The standard InChI is InChI=1S/C12H20N4O2S/c1-9-10(2)18-12(14-9)8-17-15-11(13)7-16-3-5-19-6-4-16/h3-8H2,1-2H3,(H2,13,15). The summed E-state index contributed by atoms with van der Waals surface area (Å²) in [5, 5.41) is 3.90. The Morgan fingerprint density at radius 1 is 1.47 bits per heavy atom. The fourth-order valence-electron chi connectivity index (χ4n) is 1.79. The first kappa shape index (κ1) is 14.2. The Balaban J connectivity index is 1.74. The lowest BCUT2D eigenvalue weighted by Crippen LogP contribution is -2.39. The number of oxime groups is 1. The van der Waals surface area contributed by atoms with Crippen molar-refractivity contribution in [2.75, 3.05) is 31.1 Å². The molecule has 19 heavy (non-hydrogen) atoms. The molecule has 1 aromatic rings. The van der Waals surface area contributed by atoms with Crippen molar-refractivity contribution in [3.05, 3.63) is 17.3 Å². The number of thioether (sulfide) groups is 1. The van der Waals surface area contributed by atoms with E-state index in [1.165, 1.54) is 0 Å². The summed E-state index contributed by atoms with van der Waals surface area (Å²) in [7, 11) is 0. The molecule has 0 spiro atoms. The van der Waals surface area contributed by atoms with E-state index in [2.05, 4.69) is 15.0 Å². The van der Waals surface area contributed by atoms with Crippen LogP contribution >= 0.6 is 11.8 Å². The molecule has 0 bridgehead atoms. The lowest BCUT2D eigenvalue weighted by Gasteiger charge is -2.25. The highest BCUT2D eigenvalue weighted by Crippen LogP contribution is 2.10. The zero-order chi connectivity index (χ0) is 13.7. The van der Waals surface area contributed by atoms with Gasteiger partial charge in [-0.15, -0.1) is 0 Å². The van der Waals surface area contributed by atoms with Gasteiger partial charge < -0.3 is 15.0 Å². The molecule has 0 radical (unpaired) electrons. The van der Waals surface area contributed by atoms with Crippen LogP contribution in [0, 0.1) is 13.8 Å². The van der Waals surface area contributed by atoms with E-state index < -0.39 is 0 Å². The maximum absolute atomic E-state index is 5.83. The average molecular weight is 284 g/mol. The summed E-state index contributed by atoms with van der Waals surface area (Å²) < 4.78 is 5.39. The fourth-order valence-corrected chi connectivity index (χ4v) is 2.77. The Hall–Kier alpha value is -1.21. The van der Waals surface area contributed by atoms with Gasteiger partial charge in [-0.1, -0.05) is 5.16 Å². The van der Waals surface area contributed by atoms with E-state index in [1.54, 1.807) is 0 Å². The third-order valence-electron chi connectivity index (χ3n) is 2.93. The number of nitrogens with zero attached hydrogens (tertiary/aromatic N) is 3. The summed E-state index contributed by atoms with van der Waals surface area (Å²) in [5.74, 6) is 4.14. The molecule has 0 saturated carbocycles. The van der Waals surface area contributed by atoms with E-state index in [0.29, 0.717) is 18.3 Å². The van der Waals surface area contributed by atoms with E-state index in [9.17, 15) is 0 Å². The summed E-state index contributed by atoms with van der Waals surface area (Å²) >= 11 is 1.97. The van der Waals surface area contributed by atoms with E-state index in [-0.39, 0.29) is 6.61 Å². The van der Waals surface area contributed by atoms with Crippen molar-refractivity contribution < 1.29 is 9.25 Å². The third kappa shape index (κ3) is 4.43. The molecule has 2 N–H and O–H groups in total. The smallest absolute Gasteiger partial charge is 0.235 e. The summed E-state index contributed by atoms with van der Waals surface area (Å²) in [4.78, 5) is 11.6. The highest BCUT2D eigenvalue weighted by atomic mass is 32.2. The van der Waals surface area contributed by atoms with Crippen molar-refractivity contribution in [3.8, 4) is 0 Å². The van der Waals surface area contributed by atoms with Gasteiger partial charge in [0.1, 0.15) is 5.76 Å². The topological polar surface area (TPSA) is 76.9 Å². The van der Waals surface area contributed by atoms with Crippen molar-refractivity contribution >= 4 is 17.6 Å². The van der Waals surface area contributed by atoms with Crippen LogP contribution in [0.3, 0.4) is 0 Å². The second-order valence-corrected chi connectivity index (χ2v) is 5.72. The lowest BCUT2D eigenvalue weighted by atomic mass is 10.4. The lowest BCUT2D eigenvalue weighted by molar-refractivity contribution is 0.108. The SMILES string of the molecule is Cc1nc(CO/N=C(\N)CN2CCSCC2)oc1C. The Morgan fingerprint density at radius 3 is 2.84 bits per heavy atom. The van der Waals surface area contributed by atoms with E-state index in [1.807, 2.05) is 25.6 Å². The molecule has 7 heteroatoms. The number of oxazole rings is 1. The number of amidine groups is 1. The monoisotopic (exact) mass is 284 g/mol. The van der Waals surface area contributed by atoms with Crippen molar-refractivity contribution in [1.29, 1.82) is 0 Å². The maximum atomic E-state index is 5.83. The Bertz CT molecular complexity index is 421. The number of aromatic nitrogens is 1. The van der Waals surface area contributed by atoms with Crippen molar-refractivity contribution in [2.45, 2.75) is 20.5 Å². The molecular formula is C12H20N4O2S. The Labute approximate surface area is 117 Å². The predicted octanol–water partition coefficient (Wildman–Crippen LogP) is 1.13. The van der Waals surface area contributed by atoms with Crippen LogP contribution in [-0.4, -0.2) is 46.9 Å². The second-order valence-electron chi connectivity index (χ2n) is 4.49. The highest BCUT2D eigenvalue weighted by molar-refractivity contribution is 7.99. The minimum Gasteiger partial charge on any atom is -0.442 e. The molecule has 0 unspecified atom stereocenters. The Kier molecular flexibility index (Phi) is 5.09. The quantitative estimate of drug-likeness (QED) is 0.496. The largest absolute Gasteiger partial charge is 0.442 e. The number of aryl methyl sites for hydroxylation is 2. The van der Waals surface area contributed by atoms with Crippen molar-refractivity contribution in [1.82, 2.24) is 9.88 Å². The molecule has 0 aromatic carbocycles. The number of hydrogen-bond donors (Lipinski definition) is 1. The molecule has 106 valence electrons. The summed E-state index contributed by atoms with van der Waals surface area (Å²) in [6.07, 6.45) is 0. The molecule has 0 atom stereocenters. The average Bonchev–Trinajstić information content (AvgIpc) is 2.70. The van der Waals surface area contributed by atoms with Crippen LogP contribution in [0.4, 0.5) is 0 Å². The first-order valence-corrected chi connectivity index (χ1v) is 7.48. The molecule has 0 amide bonds. The third-order valence-corrected chi connectivity index (χ3v) is 3.87. The van der Waals surface area contributed by atoms with E-state index in [4.69, 9.17) is 15.0 Å². The van der Waals surface area contributed by atoms with Gasteiger partial charge >= 0.3 is 0 Å². The predicted molar refractivity (Wildman–Crippen MR) is 76.2 cm³/mol. The minimum absolute atomic E-state index is 0.214. The van der Waals surface area contributed by atoms with Crippen LogP contribution < -0.4 is 5.73 Å². The van der Waals surface area contributed by atoms with Crippen molar-refractivity contribution in [3.63, 3.8) is 0 Å². The van der Waals surface area contributed by atoms with Crippen LogP contribution in [0.1, 0.15) is 17.3 Å². The Morgan fingerprint density at radius 2 is 2.21 bits per heavy atom. The van der Waals surface area contributed by atoms with Crippen LogP contribution in [0.2, 0.25) is 0 Å². The van der Waals surface area contributed by atoms with Crippen LogP contribution in [0.15, 0.2) is 9.57 Å². The highest BCUT2D eigenvalue weighted by Gasteiger charge is 2.11. The van der Waals surface area contributed by atoms with Crippen LogP contribution in [-0.2, 0) is 11.4 Å². The number of hydrogen-bond acceptors (Lipinski definition) is 6. The van der Waals surface area contributed by atoms with Gasteiger partial charge in [-0.2, -0.15) is 11.8 Å². The molecule has 2 rings (SSSR count). The van der Waals surface area contributed by atoms with Gasteiger partial charge in [0.25, 0.3) is 0 Å². The van der Waals surface area contributed by atoms with Gasteiger partial charge in [-0.25, -0.2) is 4.98 Å². The van der Waals surface area contributed by atoms with Gasteiger partial charge in [0.05, 0.1) is 12.2 Å². The van der Waals surface area contributed by atoms with Gasteiger partial charge in [0.2, 0.25) is 5.89 Å². The van der Waals surface area contributed by atoms with Gasteiger partial charge in [0, 0.05) is 24.6 Å². The first-order valence-electron chi connectivity index (χ1n) is 6.32. The molecule has 1 aliphatic rings. The second kappa shape index (κ2) is 6.81. The molecule has 6 nitrogen and oxygen atoms in total. The molecular weight excluding hydrogens is 264 g/mol. The number of rotatable bonds is 5. The minimum atomic E-state index is 0.214. The molecule has 1 fully saturated rings.